The van der Waals surface area contributed by atoms with Gasteiger partial charge in [-0.1, -0.05) is 18.2 Å². The van der Waals surface area contributed by atoms with Crippen molar-refractivity contribution < 1.29 is 26.3 Å². The highest BCUT2D eigenvalue weighted by atomic mass is 32.2. The first-order valence-electron chi connectivity index (χ1n) is 7.00. The van der Waals surface area contributed by atoms with Crippen LogP contribution in [0.5, 0.6) is 5.75 Å². The lowest BCUT2D eigenvalue weighted by Gasteiger charge is -2.11. The summed E-state index contributed by atoms with van der Waals surface area (Å²) in [5.74, 6) is 0.354. The lowest BCUT2D eigenvalue weighted by atomic mass is 10.2. The van der Waals surface area contributed by atoms with Crippen LogP contribution in [0.3, 0.4) is 0 Å². The van der Waals surface area contributed by atoms with Crippen LogP contribution >= 0.6 is 0 Å². The molecule has 0 aromatic heterocycles. The first kappa shape index (κ1) is 18.1. The third-order valence-electron chi connectivity index (χ3n) is 3.26. The molecule has 2 rings (SSSR count). The maximum atomic E-state index is 12.7. The van der Waals surface area contributed by atoms with Gasteiger partial charge in [0.1, 0.15) is 5.75 Å². The zero-order chi connectivity index (χ0) is 17.8. The van der Waals surface area contributed by atoms with Crippen LogP contribution in [0.2, 0.25) is 0 Å². The van der Waals surface area contributed by atoms with E-state index in [1.807, 2.05) is 0 Å². The van der Waals surface area contributed by atoms with Crippen LogP contribution in [0, 0.1) is 0 Å². The molecule has 0 aliphatic rings. The molecule has 0 aliphatic heterocycles. The SMILES string of the molecule is COc1cccc(CCS(=O)(=O)Nc2cccc(C(F)(F)F)c2)c1. The Morgan fingerprint density at radius 1 is 1.08 bits per heavy atom. The smallest absolute Gasteiger partial charge is 0.416 e. The van der Waals surface area contributed by atoms with Gasteiger partial charge in [-0.25, -0.2) is 8.42 Å². The number of hydrogen-bond acceptors (Lipinski definition) is 3. The number of halogens is 3. The number of benzene rings is 2. The lowest BCUT2D eigenvalue weighted by molar-refractivity contribution is -0.137. The van der Waals surface area contributed by atoms with Gasteiger partial charge in [-0.05, 0) is 42.3 Å². The van der Waals surface area contributed by atoms with Gasteiger partial charge in [0.2, 0.25) is 10.0 Å². The summed E-state index contributed by atoms with van der Waals surface area (Å²) in [6.45, 7) is 0. The number of hydrogen-bond donors (Lipinski definition) is 1. The fourth-order valence-corrected chi connectivity index (χ4v) is 3.16. The first-order valence-corrected chi connectivity index (χ1v) is 8.65. The number of sulfonamides is 1. The summed E-state index contributed by atoms with van der Waals surface area (Å²) < 4.78 is 69.3. The van der Waals surface area contributed by atoms with Crippen molar-refractivity contribution in [1.82, 2.24) is 0 Å². The zero-order valence-electron chi connectivity index (χ0n) is 12.8. The van der Waals surface area contributed by atoms with Crippen molar-refractivity contribution in [2.24, 2.45) is 0 Å². The molecule has 0 spiro atoms. The van der Waals surface area contributed by atoms with Crippen LogP contribution in [0.15, 0.2) is 48.5 Å². The van der Waals surface area contributed by atoms with E-state index in [0.29, 0.717) is 5.75 Å². The van der Waals surface area contributed by atoms with E-state index in [0.717, 1.165) is 23.8 Å². The zero-order valence-corrected chi connectivity index (χ0v) is 13.6. The van der Waals surface area contributed by atoms with E-state index in [4.69, 9.17) is 4.74 Å². The minimum absolute atomic E-state index is 0.115. The third kappa shape index (κ3) is 5.16. The maximum Gasteiger partial charge on any atom is 0.416 e. The molecular weight excluding hydrogens is 343 g/mol. The van der Waals surface area contributed by atoms with Gasteiger partial charge in [0.15, 0.2) is 0 Å². The molecule has 0 saturated carbocycles. The number of methoxy groups -OCH3 is 1. The van der Waals surface area contributed by atoms with E-state index in [1.165, 1.54) is 13.2 Å². The second-order valence-corrected chi connectivity index (χ2v) is 6.94. The van der Waals surface area contributed by atoms with E-state index in [1.54, 1.807) is 24.3 Å². The van der Waals surface area contributed by atoms with Gasteiger partial charge < -0.3 is 4.74 Å². The number of rotatable bonds is 6. The first-order chi connectivity index (χ1) is 11.2. The van der Waals surface area contributed by atoms with Gasteiger partial charge in [0.25, 0.3) is 0 Å². The van der Waals surface area contributed by atoms with Crippen molar-refractivity contribution in [3.8, 4) is 5.75 Å². The van der Waals surface area contributed by atoms with Gasteiger partial charge in [-0.3, -0.25) is 4.72 Å². The number of aryl methyl sites for hydroxylation is 1. The molecule has 0 amide bonds. The second-order valence-electron chi connectivity index (χ2n) is 5.10. The molecule has 0 saturated heterocycles. The molecule has 8 heteroatoms. The Kier molecular flexibility index (Phi) is 5.38. The molecule has 0 unspecified atom stereocenters. The van der Waals surface area contributed by atoms with Crippen molar-refractivity contribution in [1.29, 1.82) is 0 Å². The standard InChI is InChI=1S/C16H16F3NO3S/c1-23-15-7-2-4-12(10-15)8-9-24(21,22)20-14-6-3-5-13(11-14)16(17,18)19/h2-7,10-11,20H,8-9H2,1H3. The molecule has 1 N–H and O–H groups in total. The summed E-state index contributed by atoms with van der Waals surface area (Å²) in [7, 11) is -2.27. The summed E-state index contributed by atoms with van der Waals surface area (Å²) >= 11 is 0. The maximum absolute atomic E-state index is 12.7. The van der Waals surface area contributed by atoms with Crippen LogP contribution in [0.4, 0.5) is 18.9 Å². The van der Waals surface area contributed by atoms with E-state index >= 15 is 0 Å². The minimum atomic E-state index is -4.53. The molecule has 130 valence electrons. The van der Waals surface area contributed by atoms with Crippen LogP contribution in [0.25, 0.3) is 0 Å². The van der Waals surface area contributed by atoms with Crippen molar-refractivity contribution in [2.75, 3.05) is 17.6 Å². The van der Waals surface area contributed by atoms with E-state index in [2.05, 4.69) is 4.72 Å². The van der Waals surface area contributed by atoms with Crippen molar-refractivity contribution in [3.63, 3.8) is 0 Å². The topological polar surface area (TPSA) is 55.4 Å². The van der Waals surface area contributed by atoms with Gasteiger partial charge in [0.05, 0.1) is 18.4 Å². The molecule has 2 aromatic carbocycles. The summed E-state index contributed by atoms with van der Waals surface area (Å²) in [4.78, 5) is 0. The largest absolute Gasteiger partial charge is 0.497 e. The Morgan fingerprint density at radius 2 is 1.79 bits per heavy atom. The van der Waals surface area contributed by atoms with Crippen molar-refractivity contribution in [3.05, 3.63) is 59.7 Å². The molecule has 0 heterocycles. The molecule has 2 aromatic rings. The molecule has 0 atom stereocenters. The number of nitrogens with one attached hydrogen (secondary N) is 1. The van der Waals surface area contributed by atoms with Gasteiger partial charge >= 0.3 is 6.18 Å². The normalized spacial score (nSPS) is 12.0. The number of ether oxygens (including phenoxy) is 1. The monoisotopic (exact) mass is 359 g/mol. The molecular formula is C16H16F3NO3S. The summed E-state index contributed by atoms with van der Waals surface area (Å²) in [6.07, 6.45) is -4.31. The van der Waals surface area contributed by atoms with E-state index < -0.39 is 21.8 Å². The van der Waals surface area contributed by atoms with Gasteiger partial charge in [-0.2, -0.15) is 13.2 Å². The quantitative estimate of drug-likeness (QED) is 0.856. The number of alkyl halides is 3. The van der Waals surface area contributed by atoms with Gasteiger partial charge in [0, 0.05) is 5.69 Å². The Labute approximate surface area is 138 Å². The average molecular weight is 359 g/mol. The highest BCUT2D eigenvalue weighted by molar-refractivity contribution is 7.92. The molecule has 0 fully saturated rings. The highest BCUT2D eigenvalue weighted by Gasteiger charge is 2.30. The Bertz CT molecular complexity index is 804. The molecule has 0 aliphatic carbocycles. The Hall–Kier alpha value is -2.22. The summed E-state index contributed by atoms with van der Waals surface area (Å²) in [5, 5.41) is 0. The molecule has 24 heavy (non-hydrogen) atoms. The lowest BCUT2D eigenvalue weighted by Crippen LogP contribution is -2.18. The predicted octanol–water partition coefficient (Wildman–Crippen LogP) is 3.70. The van der Waals surface area contributed by atoms with Crippen LogP contribution in [-0.2, 0) is 22.6 Å². The van der Waals surface area contributed by atoms with E-state index in [-0.39, 0.29) is 17.9 Å². The summed E-state index contributed by atoms with van der Waals surface area (Å²) in [5.41, 5.74) is -0.269. The molecule has 4 nitrogen and oxygen atoms in total. The molecule has 0 bridgehead atoms. The van der Waals surface area contributed by atoms with E-state index in [9.17, 15) is 21.6 Å². The molecule has 0 radical (unpaired) electrons. The highest BCUT2D eigenvalue weighted by Crippen LogP contribution is 2.30. The van der Waals surface area contributed by atoms with Gasteiger partial charge in [-0.15, -0.1) is 0 Å². The van der Waals surface area contributed by atoms with Crippen LogP contribution < -0.4 is 9.46 Å². The van der Waals surface area contributed by atoms with Crippen molar-refractivity contribution >= 4 is 15.7 Å². The second kappa shape index (κ2) is 7.12. The van der Waals surface area contributed by atoms with Crippen LogP contribution in [-0.4, -0.2) is 21.3 Å². The third-order valence-corrected chi connectivity index (χ3v) is 4.55. The fraction of sp³-hybridized carbons (Fsp3) is 0.250. The van der Waals surface area contributed by atoms with Crippen molar-refractivity contribution in [2.45, 2.75) is 12.6 Å². The average Bonchev–Trinajstić information content (AvgIpc) is 2.52. The Morgan fingerprint density at radius 3 is 2.46 bits per heavy atom. The minimum Gasteiger partial charge on any atom is -0.497 e. The summed E-state index contributed by atoms with van der Waals surface area (Å²) in [6, 6.07) is 11.0. The number of anilines is 1. The fourth-order valence-electron chi connectivity index (χ4n) is 2.07. The Balaban J connectivity index is 2.06. The predicted molar refractivity (Wildman–Crippen MR) is 85.6 cm³/mol. The van der Waals surface area contributed by atoms with Crippen LogP contribution in [0.1, 0.15) is 11.1 Å².